The highest BCUT2D eigenvalue weighted by Crippen LogP contribution is 2.23. The molecule has 5 rings (SSSR count). The van der Waals surface area contributed by atoms with Crippen molar-refractivity contribution < 1.29 is 4.79 Å². The zero-order valence-corrected chi connectivity index (χ0v) is 22.1. The number of benzene rings is 2. The minimum atomic E-state index is -0.159. The Morgan fingerprint density at radius 1 is 0.865 bits per heavy atom. The summed E-state index contributed by atoms with van der Waals surface area (Å²) in [5.41, 5.74) is 2.29. The van der Waals surface area contributed by atoms with Crippen molar-refractivity contribution in [2.45, 2.75) is 13.0 Å². The zero-order chi connectivity index (χ0) is 25.8. The fourth-order valence-electron chi connectivity index (χ4n) is 4.92. The van der Waals surface area contributed by atoms with E-state index in [1.165, 1.54) is 5.69 Å². The van der Waals surface area contributed by atoms with E-state index in [0.717, 1.165) is 38.3 Å². The van der Waals surface area contributed by atoms with Crippen LogP contribution < -0.4 is 15.4 Å². The molecular weight excluding hydrogens is 511 g/mol. The summed E-state index contributed by atoms with van der Waals surface area (Å²) in [6, 6.07) is 16.9. The predicted octanol–water partition coefficient (Wildman–Crippen LogP) is 3.75. The van der Waals surface area contributed by atoms with Crippen LogP contribution in [0.1, 0.15) is 22.5 Å². The van der Waals surface area contributed by atoms with E-state index in [1.54, 1.807) is 29.2 Å². The first-order valence-corrected chi connectivity index (χ1v) is 13.3. The molecule has 0 bridgehead atoms. The van der Waals surface area contributed by atoms with E-state index in [4.69, 9.17) is 28.2 Å². The number of rotatable bonds is 5. The normalized spacial score (nSPS) is 17.1. The Balaban J connectivity index is 1.21. The second-order valence-electron chi connectivity index (χ2n) is 9.42. The number of aromatic amines is 1. The highest BCUT2D eigenvalue weighted by molar-refractivity contribution is 6.36. The molecular formula is C27H30Cl2N6O2. The summed E-state index contributed by atoms with van der Waals surface area (Å²) in [5.74, 6) is 0.442. The lowest BCUT2D eigenvalue weighted by molar-refractivity contribution is 0.0767. The molecule has 1 amide bonds. The van der Waals surface area contributed by atoms with Crippen LogP contribution in [0.4, 0.5) is 11.6 Å². The molecule has 194 valence electrons. The molecule has 2 saturated heterocycles. The summed E-state index contributed by atoms with van der Waals surface area (Å²) in [7, 11) is 0. The standard InChI is InChI=1S/C27H30Cl2N6O2/c28-20-7-8-23(24(29)17-20)26(37)34-9-4-10-35(16-15-34)27-30-21(18-25(36)31-27)19-32-11-13-33(14-12-32)22-5-2-1-3-6-22/h1-3,5-8,17-18H,4,9-16,19H2,(H,30,31,36). The fraction of sp³-hybridized carbons (Fsp3) is 0.370. The summed E-state index contributed by atoms with van der Waals surface area (Å²) in [6.07, 6.45) is 0.756. The Labute approximate surface area is 226 Å². The summed E-state index contributed by atoms with van der Waals surface area (Å²) in [5, 5.41) is 0.846. The number of carbonyl (C=O) groups is 1. The van der Waals surface area contributed by atoms with Crippen molar-refractivity contribution in [1.82, 2.24) is 19.8 Å². The van der Waals surface area contributed by atoms with Gasteiger partial charge in [-0.25, -0.2) is 4.98 Å². The smallest absolute Gasteiger partial charge is 0.255 e. The molecule has 1 N–H and O–H groups in total. The van der Waals surface area contributed by atoms with E-state index in [0.29, 0.717) is 54.3 Å². The van der Waals surface area contributed by atoms with Gasteiger partial charge in [-0.05, 0) is 36.8 Å². The van der Waals surface area contributed by atoms with Crippen molar-refractivity contribution in [2.75, 3.05) is 62.2 Å². The molecule has 2 fully saturated rings. The summed E-state index contributed by atoms with van der Waals surface area (Å²) < 4.78 is 0. The largest absolute Gasteiger partial charge is 0.369 e. The van der Waals surface area contributed by atoms with Crippen LogP contribution in [-0.4, -0.2) is 78.0 Å². The minimum Gasteiger partial charge on any atom is -0.369 e. The quantitative estimate of drug-likeness (QED) is 0.531. The van der Waals surface area contributed by atoms with Crippen molar-refractivity contribution in [3.05, 3.63) is 86.3 Å². The maximum atomic E-state index is 13.1. The minimum absolute atomic E-state index is 0.117. The number of nitrogens with zero attached hydrogens (tertiary/aromatic N) is 5. The van der Waals surface area contributed by atoms with Gasteiger partial charge in [0.15, 0.2) is 0 Å². The molecule has 10 heteroatoms. The number of anilines is 2. The maximum Gasteiger partial charge on any atom is 0.255 e. The van der Waals surface area contributed by atoms with Gasteiger partial charge in [-0.15, -0.1) is 0 Å². The summed E-state index contributed by atoms with van der Waals surface area (Å²) in [6.45, 7) is 6.70. The first kappa shape index (κ1) is 25.6. The topological polar surface area (TPSA) is 75.8 Å². The van der Waals surface area contributed by atoms with Gasteiger partial charge in [0.05, 0.1) is 16.3 Å². The van der Waals surface area contributed by atoms with Gasteiger partial charge in [0.1, 0.15) is 0 Å². The van der Waals surface area contributed by atoms with Crippen LogP contribution in [-0.2, 0) is 6.54 Å². The molecule has 3 aromatic rings. The summed E-state index contributed by atoms with van der Waals surface area (Å²) in [4.78, 5) is 41.8. The highest BCUT2D eigenvalue weighted by Gasteiger charge is 2.24. The van der Waals surface area contributed by atoms with Crippen molar-refractivity contribution >= 4 is 40.7 Å². The van der Waals surface area contributed by atoms with Crippen LogP contribution in [0.15, 0.2) is 59.4 Å². The van der Waals surface area contributed by atoms with E-state index >= 15 is 0 Å². The molecule has 0 spiro atoms. The number of hydrogen-bond acceptors (Lipinski definition) is 6. The van der Waals surface area contributed by atoms with Gasteiger partial charge in [-0.2, -0.15) is 0 Å². The number of hydrogen-bond donors (Lipinski definition) is 1. The number of aromatic nitrogens is 2. The van der Waals surface area contributed by atoms with Gasteiger partial charge in [0, 0.05) is 75.7 Å². The van der Waals surface area contributed by atoms with Crippen LogP contribution in [0.2, 0.25) is 10.0 Å². The second-order valence-corrected chi connectivity index (χ2v) is 10.3. The average Bonchev–Trinajstić information content (AvgIpc) is 3.16. The molecule has 2 aromatic carbocycles. The van der Waals surface area contributed by atoms with Crippen LogP contribution in [0.3, 0.4) is 0 Å². The Bertz CT molecular complexity index is 1290. The van der Waals surface area contributed by atoms with E-state index in [9.17, 15) is 9.59 Å². The molecule has 0 aliphatic carbocycles. The molecule has 1 aromatic heterocycles. The van der Waals surface area contributed by atoms with Crippen molar-refractivity contribution in [1.29, 1.82) is 0 Å². The summed E-state index contributed by atoms with van der Waals surface area (Å²) >= 11 is 12.2. The number of H-pyrrole nitrogens is 1. The third-order valence-corrected chi connectivity index (χ3v) is 7.45. The molecule has 3 heterocycles. The first-order valence-electron chi connectivity index (χ1n) is 12.6. The van der Waals surface area contributed by atoms with Gasteiger partial charge >= 0.3 is 0 Å². The Hall–Kier alpha value is -3.07. The van der Waals surface area contributed by atoms with Gasteiger partial charge in [0.2, 0.25) is 5.95 Å². The molecule has 0 atom stereocenters. The van der Waals surface area contributed by atoms with Gasteiger partial charge in [-0.3, -0.25) is 19.5 Å². The monoisotopic (exact) mass is 540 g/mol. The van der Waals surface area contributed by atoms with Crippen molar-refractivity contribution in [3.8, 4) is 0 Å². The number of piperazine rings is 1. The van der Waals surface area contributed by atoms with Gasteiger partial charge in [-0.1, -0.05) is 41.4 Å². The van der Waals surface area contributed by atoms with E-state index in [1.807, 2.05) is 6.07 Å². The second kappa shape index (κ2) is 11.5. The third kappa shape index (κ3) is 6.26. The fourth-order valence-corrected chi connectivity index (χ4v) is 5.41. The number of para-hydroxylation sites is 1. The SMILES string of the molecule is O=C(c1ccc(Cl)cc1Cl)N1CCCN(c2nc(CN3CCN(c4ccccc4)CC3)cc(=O)[nH]2)CC1. The molecule has 0 radical (unpaired) electrons. The first-order chi connectivity index (χ1) is 18.0. The third-order valence-electron chi connectivity index (χ3n) is 6.91. The van der Waals surface area contributed by atoms with Gasteiger partial charge < -0.3 is 14.7 Å². The molecule has 2 aliphatic rings. The Morgan fingerprint density at radius 2 is 1.62 bits per heavy atom. The molecule has 0 unspecified atom stereocenters. The lowest BCUT2D eigenvalue weighted by Crippen LogP contribution is -2.46. The predicted molar refractivity (Wildman–Crippen MR) is 148 cm³/mol. The number of carbonyl (C=O) groups excluding carboxylic acids is 1. The molecule has 37 heavy (non-hydrogen) atoms. The molecule has 8 nitrogen and oxygen atoms in total. The lowest BCUT2D eigenvalue weighted by atomic mass is 10.2. The number of nitrogens with one attached hydrogen (secondary N) is 1. The Morgan fingerprint density at radius 3 is 2.38 bits per heavy atom. The molecule has 2 aliphatic heterocycles. The number of halogens is 2. The zero-order valence-electron chi connectivity index (χ0n) is 20.6. The molecule has 0 saturated carbocycles. The average molecular weight is 541 g/mol. The van der Waals surface area contributed by atoms with Gasteiger partial charge in [0.25, 0.3) is 11.5 Å². The van der Waals surface area contributed by atoms with Crippen LogP contribution >= 0.6 is 23.2 Å². The lowest BCUT2D eigenvalue weighted by Gasteiger charge is -2.36. The number of amides is 1. The van der Waals surface area contributed by atoms with E-state index < -0.39 is 0 Å². The van der Waals surface area contributed by atoms with E-state index in [2.05, 4.69) is 43.9 Å². The van der Waals surface area contributed by atoms with E-state index in [-0.39, 0.29) is 11.5 Å². The van der Waals surface area contributed by atoms with Crippen molar-refractivity contribution in [3.63, 3.8) is 0 Å². The Kier molecular flexibility index (Phi) is 7.98. The maximum absolute atomic E-state index is 13.1. The van der Waals surface area contributed by atoms with Crippen LogP contribution in [0.25, 0.3) is 0 Å². The highest BCUT2D eigenvalue weighted by atomic mass is 35.5. The van der Waals surface area contributed by atoms with Crippen LogP contribution in [0.5, 0.6) is 0 Å². The van der Waals surface area contributed by atoms with Crippen molar-refractivity contribution in [2.24, 2.45) is 0 Å². The van der Waals surface area contributed by atoms with Crippen LogP contribution in [0, 0.1) is 0 Å².